The maximum atomic E-state index is 11.9. The highest BCUT2D eigenvalue weighted by atomic mass is 16.5. The number of benzene rings is 2. The lowest BCUT2D eigenvalue weighted by Crippen LogP contribution is -2.33. The molecule has 1 aliphatic rings. The molecule has 6 nitrogen and oxygen atoms in total. The lowest BCUT2D eigenvalue weighted by molar-refractivity contribution is 0.0601. The number of carbonyl (C=O) groups excluding carboxylic acids is 1. The first-order chi connectivity index (χ1) is 13.2. The molecule has 1 aromatic heterocycles. The number of esters is 1. The summed E-state index contributed by atoms with van der Waals surface area (Å²) in [6, 6.07) is 15.1. The zero-order valence-corrected chi connectivity index (χ0v) is 15.1. The van der Waals surface area contributed by atoms with E-state index in [0.29, 0.717) is 16.6 Å². The molecule has 0 bridgehead atoms. The van der Waals surface area contributed by atoms with Gasteiger partial charge in [-0.15, -0.1) is 0 Å². The molecule has 0 unspecified atom stereocenters. The molecule has 0 spiro atoms. The molecule has 3 aromatic rings. The molecule has 2 aromatic carbocycles. The van der Waals surface area contributed by atoms with E-state index >= 15 is 0 Å². The van der Waals surface area contributed by atoms with Crippen LogP contribution in [0.15, 0.2) is 48.5 Å². The molecule has 0 amide bonds. The molecule has 1 fully saturated rings. The van der Waals surface area contributed by atoms with Crippen LogP contribution >= 0.6 is 0 Å². The van der Waals surface area contributed by atoms with Gasteiger partial charge in [0.15, 0.2) is 5.82 Å². The van der Waals surface area contributed by atoms with E-state index in [1.165, 1.54) is 7.11 Å². The molecule has 27 heavy (non-hydrogen) atoms. The van der Waals surface area contributed by atoms with E-state index in [0.717, 1.165) is 36.5 Å². The Morgan fingerprint density at radius 2 is 2.00 bits per heavy atom. The number of nitrogens with zero attached hydrogens (tertiary/aromatic N) is 3. The van der Waals surface area contributed by atoms with Crippen molar-refractivity contribution in [3.63, 3.8) is 0 Å². The SMILES string of the molecule is COC(=O)c1ccc2nc(-c3ccccc3)c(N3CCC[C@H]3CO)nc2c1. The molecule has 1 N–H and O–H groups in total. The van der Waals surface area contributed by atoms with E-state index < -0.39 is 5.97 Å². The monoisotopic (exact) mass is 363 g/mol. The van der Waals surface area contributed by atoms with Gasteiger partial charge >= 0.3 is 5.97 Å². The van der Waals surface area contributed by atoms with E-state index in [-0.39, 0.29) is 12.6 Å². The molecular weight excluding hydrogens is 342 g/mol. The largest absolute Gasteiger partial charge is 0.465 e. The zero-order valence-electron chi connectivity index (χ0n) is 15.1. The van der Waals surface area contributed by atoms with Crippen LogP contribution in [0.1, 0.15) is 23.2 Å². The average molecular weight is 363 g/mol. The van der Waals surface area contributed by atoms with Gasteiger partial charge < -0.3 is 14.7 Å². The fourth-order valence-electron chi connectivity index (χ4n) is 3.58. The summed E-state index contributed by atoms with van der Waals surface area (Å²) < 4.78 is 4.81. The van der Waals surface area contributed by atoms with Crippen LogP contribution < -0.4 is 4.90 Å². The first-order valence-corrected chi connectivity index (χ1v) is 9.04. The molecule has 1 saturated heterocycles. The molecular formula is C21H21N3O3. The number of aromatic nitrogens is 2. The Morgan fingerprint density at radius 3 is 2.74 bits per heavy atom. The summed E-state index contributed by atoms with van der Waals surface area (Å²) in [4.78, 5) is 23.7. The number of hydrogen-bond acceptors (Lipinski definition) is 6. The van der Waals surface area contributed by atoms with Crippen molar-refractivity contribution in [1.29, 1.82) is 0 Å². The predicted molar refractivity (Wildman–Crippen MR) is 104 cm³/mol. The quantitative estimate of drug-likeness (QED) is 0.718. The second-order valence-corrected chi connectivity index (χ2v) is 6.63. The first-order valence-electron chi connectivity index (χ1n) is 9.04. The number of anilines is 1. The van der Waals surface area contributed by atoms with Gasteiger partial charge in [-0.2, -0.15) is 0 Å². The molecule has 6 heteroatoms. The summed E-state index contributed by atoms with van der Waals surface area (Å²) in [7, 11) is 1.36. The van der Waals surface area contributed by atoms with Crippen molar-refractivity contribution in [2.75, 3.05) is 25.2 Å². The Balaban J connectivity index is 1.91. The number of carbonyl (C=O) groups is 1. The number of fused-ring (bicyclic) bond motifs is 1. The maximum Gasteiger partial charge on any atom is 0.337 e. The molecule has 0 saturated carbocycles. The van der Waals surface area contributed by atoms with Crippen LogP contribution in [0.3, 0.4) is 0 Å². The lowest BCUT2D eigenvalue weighted by atomic mass is 10.1. The minimum atomic E-state index is -0.401. The smallest absolute Gasteiger partial charge is 0.337 e. The van der Waals surface area contributed by atoms with Crippen molar-refractivity contribution >= 4 is 22.8 Å². The van der Waals surface area contributed by atoms with E-state index in [4.69, 9.17) is 14.7 Å². The van der Waals surface area contributed by atoms with E-state index in [9.17, 15) is 9.90 Å². The van der Waals surface area contributed by atoms with Gasteiger partial charge in [0, 0.05) is 12.1 Å². The fraction of sp³-hybridized carbons (Fsp3) is 0.286. The molecule has 1 atom stereocenters. The van der Waals surface area contributed by atoms with E-state index in [1.54, 1.807) is 18.2 Å². The Bertz CT molecular complexity index is 975. The molecule has 2 heterocycles. The van der Waals surface area contributed by atoms with Crippen LogP contribution in [-0.2, 0) is 4.74 Å². The van der Waals surface area contributed by atoms with Gasteiger partial charge in [0.2, 0.25) is 0 Å². The van der Waals surface area contributed by atoms with Crippen molar-refractivity contribution in [2.24, 2.45) is 0 Å². The van der Waals surface area contributed by atoms with Crippen LogP contribution in [0, 0.1) is 0 Å². The number of hydrogen-bond donors (Lipinski definition) is 1. The number of ether oxygens (including phenoxy) is 1. The maximum absolute atomic E-state index is 11.9. The summed E-state index contributed by atoms with van der Waals surface area (Å²) in [6.45, 7) is 0.901. The highest BCUT2D eigenvalue weighted by Gasteiger charge is 2.28. The van der Waals surface area contributed by atoms with Crippen LogP contribution in [0.25, 0.3) is 22.3 Å². The molecule has 4 rings (SSSR count). The highest BCUT2D eigenvalue weighted by molar-refractivity contribution is 5.94. The average Bonchev–Trinajstić information content (AvgIpc) is 3.21. The van der Waals surface area contributed by atoms with Crippen molar-refractivity contribution in [2.45, 2.75) is 18.9 Å². The Labute approximate surface area is 157 Å². The third-order valence-corrected chi connectivity index (χ3v) is 4.97. The van der Waals surface area contributed by atoms with E-state index in [2.05, 4.69) is 4.90 Å². The van der Waals surface area contributed by atoms with Crippen molar-refractivity contribution in [3.05, 3.63) is 54.1 Å². The second-order valence-electron chi connectivity index (χ2n) is 6.63. The molecule has 138 valence electrons. The first kappa shape index (κ1) is 17.4. The second kappa shape index (κ2) is 7.32. The minimum Gasteiger partial charge on any atom is -0.465 e. The summed E-state index contributed by atoms with van der Waals surface area (Å²) >= 11 is 0. The van der Waals surface area contributed by atoms with Gasteiger partial charge in [-0.25, -0.2) is 14.8 Å². The Hall–Kier alpha value is -2.99. The Morgan fingerprint density at radius 1 is 1.19 bits per heavy atom. The van der Waals surface area contributed by atoms with Crippen LogP contribution in [0.2, 0.25) is 0 Å². The molecule has 0 aliphatic carbocycles. The van der Waals surface area contributed by atoms with Crippen molar-refractivity contribution < 1.29 is 14.6 Å². The van der Waals surface area contributed by atoms with Crippen LogP contribution in [0.5, 0.6) is 0 Å². The van der Waals surface area contributed by atoms with E-state index in [1.807, 2.05) is 30.3 Å². The number of methoxy groups -OCH3 is 1. The zero-order chi connectivity index (χ0) is 18.8. The highest BCUT2D eigenvalue weighted by Crippen LogP contribution is 2.34. The molecule has 0 radical (unpaired) electrons. The molecule has 1 aliphatic heterocycles. The number of aliphatic hydroxyl groups excluding tert-OH is 1. The summed E-state index contributed by atoms with van der Waals surface area (Å²) in [5.41, 5.74) is 3.55. The normalized spacial score (nSPS) is 16.7. The summed E-state index contributed by atoms with van der Waals surface area (Å²) in [6.07, 6.45) is 1.92. The van der Waals surface area contributed by atoms with Gasteiger partial charge in [0.25, 0.3) is 0 Å². The Kier molecular flexibility index (Phi) is 4.73. The van der Waals surface area contributed by atoms with Crippen molar-refractivity contribution in [3.8, 4) is 11.3 Å². The summed E-state index contributed by atoms with van der Waals surface area (Å²) in [5.74, 6) is 0.342. The van der Waals surface area contributed by atoms with Gasteiger partial charge in [-0.1, -0.05) is 30.3 Å². The third-order valence-electron chi connectivity index (χ3n) is 4.97. The predicted octanol–water partition coefficient (Wildman–Crippen LogP) is 3.04. The summed E-state index contributed by atoms with van der Waals surface area (Å²) in [5, 5.41) is 9.77. The van der Waals surface area contributed by atoms with Gasteiger partial charge in [-0.05, 0) is 31.0 Å². The standard InChI is InChI=1S/C21H21N3O3/c1-27-21(26)15-9-10-17-18(12-15)23-20(24-11-5-8-16(24)13-25)19(22-17)14-6-3-2-4-7-14/h2-4,6-7,9-10,12,16,25H,5,8,11,13H2,1H3/t16-/m0/s1. The van der Waals surface area contributed by atoms with Gasteiger partial charge in [0.05, 0.1) is 36.4 Å². The lowest BCUT2D eigenvalue weighted by Gasteiger charge is -2.26. The number of rotatable bonds is 4. The minimum absolute atomic E-state index is 0.0306. The van der Waals surface area contributed by atoms with Gasteiger partial charge in [-0.3, -0.25) is 0 Å². The number of aliphatic hydroxyl groups is 1. The topological polar surface area (TPSA) is 75.5 Å². The third kappa shape index (κ3) is 3.24. The van der Waals surface area contributed by atoms with Crippen LogP contribution in [-0.4, -0.2) is 47.3 Å². The van der Waals surface area contributed by atoms with Crippen LogP contribution in [0.4, 0.5) is 5.82 Å². The van der Waals surface area contributed by atoms with Crippen molar-refractivity contribution in [1.82, 2.24) is 9.97 Å². The fourth-order valence-corrected chi connectivity index (χ4v) is 3.58. The van der Waals surface area contributed by atoms with Gasteiger partial charge in [0.1, 0.15) is 5.69 Å².